The Morgan fingerprint density at radius 1 is 0.786 bits per heavy atom. The fourth-order valence-corrected chi connectivity index (χ4v) is 3.61. The Labute approximate surface area is 165 Å². The number of fused-ring (bicyclic) bond motifs is 1. The molecule has 1 heterocycles. The molecule has 0 fully saturated rings. The Morgan fingerprint density at radius 2 is 1.39 bits per heavy atom. The van der Waals surface area contributed by atoms with Crippen LogP contribution in [0.25, 0.3) is 10.8 Å². The van der Waals surface area contributed by atoms with Gasteiger partial charge in [-0.1, -0.05) is 84.9 Å². The minimum atomic E-state index is -0.128. The number of hydrogen-bond acceptors (Lipinski definition) is 2. The lowest BCUT2D eigenvalue weighted by atomic mass is 9.88. The van der Waals surface area contributed by atoms with Crippen molar-refractivity contribution in [2.45, 2.75) is 12.3 Å². The third-order valence-electron chi connectivity index (χ3n) is 5.01. The first kappa shape index (κ1) is 17.9. The van der Waals surface area contributed by atoms with Gasteiger partial charge in [-0.15, -0.1) is 0 Å². The lowest BCUT2D eigenvalue weighted by Crippen LogP contribution is -2.26. The Kier molecular flexibility index (Phi) is 5.43. The molecule has 0 aliphatic rings. The molecule has 0 unspecified atom stereocenters. The normalized spacial score (nSPS) is 10.9. The molecule has 0 atom stereocenters. The second-order valence-corrected chi connectivity index (χ2v) is 6.80. The smallest absolute Gasteiger partial charge is 0.270 e. The maximum absolute atomic E-state index is 12.7. The quantitative estimate of drug-likeness (QED) is 0.510. The molecule has 3 nitrogen and oxygen atoms in total. The van der Waals surface area contributed by atoms with Crippen LogP contribution in [0.2, 0.25) is 0 Å². The van der Waals surface area contributed by atoms with E-state index >= 15 is 0 Å². The van der Waals surface area contributed by atoms with Crippen molar-refractivity contribution >= 4 is 16.7 Å². The van der Waals surface area contributed by atoms with Crippen molar-refractivity contribution in [1.82, 2.24) is 10.3 Å². The molecular weight excluding hydrogens is 344 g/mol. The van der Waals surface area contributed by atoms with Gasteiger partial charge in [-0.2, -0.15) is 0 Å². The molecule has 0 saturated carbocycles. The van der Waals surface area contributed by atoms with E-state index in [4.69, 9.17) is 0 Å². The summed E-state index contributed by atoms with van der Waals surface area (Å²) in [6, 6.07) is 30.6. The Bertz CT molecular complexity index is 1020. The molecule has 4 rings (SSSR count). The third kappa shape index (κ3) is 3.94. The number of carbonyl (C=O) groups excluding carboxylic acids is 1. The van der Waals surface area contributed by atoms with Crippen LogP contribution in [-0.2, 0) is 0 Å². The second kappa shape index (κ2) is 8.49. The van der Waals surface area contributed by atoms with Gasteiger partial charge in [0.15, 0.2) is 0 Å². The van der Waals surface area contributed by atoms with Crippen molar-refractivity contribution in [3.63, 3.8) is 0 Å². The van der Waals surface area contributed by atoms with Gasteiger partial charge in [0, 0.05) is 24.0 Å². The number of nitrogens with one attached hydrogen (secondary N) is 1. The summed E-state index contributed by atoms with van der Waals surface area (Å²) in [5.74, 6) is 0.111. The zero-order valence-corrected chi connectivity index (χ0v) is 15.6. The highest BCUT2D eigenvalue weighted by atomic mass is 16.1. The average molecular weight is 366 g/mol. The van der Waals surface area contributed by atoms with E-state index < -0.39 is 0 Å². The summed E-state index contributed by atoms with van der Waals surface area (Å²) >= 11 is 0. The predicted molar refractivity (Wildman–Crippen MR) is 113 cm³/mol. The van der Waals surface area contributed by atoms with Crippen molar-refractivity contribution < 1.29 is 4.79 Å². The van der Waals surface area contributed by atoms with E-state index in [9.17, 15) is 4.79 Å². The van der Waals surface area contributed by atoms with E-state index in [0.717, 1.165) is 17.2 Å². The molecule has 3 aromatic carbocycles. The number of nitrogens with zero attached hydrogens (tertiary/aromatic N) is 1. The van der Waals surface area contributed by atoms with E-state index in [0.29, 0.717) is 12.2 Å². The zero-order valence-electron chi connectivity index (χ0n) is 15.6. The van der Waals surface area contributed by atoms with Crippen LogP contribution in [-0.4, -0.2) is 17.4 Å². The lowest BCUT2D eigenvalue weighted by molar-refractivity contribution is 0.0949. The van der Waals surface area contributed by atoms with Gasteiger partial charge in [-0.25, -0.2) is 0 Å². The summed E-state index contributed by atoms with van der Waals surface area (Å²) in [5.41, 5.74) is 2.99. The second-order valence-electron chi connectivity index (χ2n) is 6.80. The molecule has 0 radical (unpaired) electrons. The summed E-state index contributed by atoms with van der Waals surface area (Å²) in [6.45, 7) is 0.582. The summed E-state index contributed by atoms with van der Waals surface area (Å²) < 4.78 is 0. The highest BCUT2D eigenvalue weighted by Crippen LogP contribution is 2.27. The van der Waals surface area contributed by atoms with E-state index in [-0.39, 0.29) is 11.8 Å². The average Bonchev–Trinajstić information content (AvgIpc) is 2.77. The molecule has 3 heteroatoms. The number of hydrogen-bond donors (Lipinski definition) is 1. The fraction of sp³-hybridized carbons (Fsp3) is 0.120. The van der Waals surface area contributed by atoms with Crippen molar-refractivity contribution in [2.24, 2.45) is 0 Å². The van der Waals surface area contributed by atoms with E-state index in [1.54, 1.807) is 6.20 Å². The van der Waals surface area contributed by atoms with Crippen LogP contribution in [0, 0.1) is 0 Å². The van der Waals surface area contributed by atoms with Crippen molar-refractivity contribution in [1.29, 1.82) is 0 Å². The maximum Gasteiger partial charge on any atom is 0.270 e. The molecule has 0 aliphatic carbocycles. The number of benzene rings is 3. The molecule has 1 N–H and O–H groups in total. The lowest BCUT2D eigenvalue weighted by Gasteiger charge is -2.18. The Balaban J connectivity index is 1.50. The summed E-state index contributed by atoms with van der Waals surface area (Å²) in [6.07, 6.45) is 2.51. The molecule has 0 saturated heterocycles. The number of carbonyl (C=O) groups is 1. The van der Waals surface area contributed by atoms with Gasteiger partial charge in [-0.3, -0.25) is 9.78 Å². The van der Waals surface area contributed by atoms with Gasteiger partial charge in [0.1, 0.15) is 5.69 Å². The van der Waals surface area contributed by atoms with Gasteiger partial charge < -0.3 is 5.32 Å². The van der Waals surface area contributed by atoms with E-state index in [1.165, 1.54) is 11.1 Å². The topological polar surface area (TPSA) is 42.0 Å². The van der Waals surface area contributed by atoms with Crippen LogP contribution < -0.4 is 5.32 Å². The van der Waals surface area contributed by atoms with E-state index in [1.807, 2.05) is 42.5 Å². The molecular formula is C25H22N2O. The van der Waals surface area contributed by atoms with Crippen molar-refractivity contribution in [2.75, 3.05) is 6.54 Å². The molecule has 1 aromatic heterocycles. The number of rotatable bonds is 6. The molecule has 0 spiro atoms. The molecule has 1 amide bonds. The summed E-state index contributed by atoms with van der Waals surface area (Å²) in [5, 5.41) is 4.96. The molecule has 138 valence electrons. The van der Waals surface area contributed by atoms with Crippen LogP contribution in [0.5, 0.6) is 0 Å². The number of pyridine rings is 1. The van der Waals surface area contributed by atoms with Gasteiger partial charge in [-0.05, 0) is 29.0 Å². The highest BCUT2D eigenvalue weighted by molar-refractivity contribution is 6.05. The standard InChI is InChI=1S/C25H22N2O/c28-25(24-23-14-8-7-13-21(23)15-17-26-24)27-18-16-22(19-9-3-1-4-10-19)20-11-5-2-6-12-20/h1-15,17,22H,16,18H2,(H,27,28). The first-order valence-corrected chi connectivity index (χ1v) is 9.55. The third-order valence-corrected chi connectivity index (χ3v) is 5.01. The first-order chi connectivity index (χ1) is 13.8. The van der Waals surface area contributed by atoms with Crippen LogP contribution >= 0.6 is 0 Å². The SMILES string of the molecule is O=C(NCCC(c1ccccc1)c1ccccc1)c1nccc2ccccc12. The summed E-state index contributed by atoms with van der Waals surface area (Å²) in [4.78, 5) is 17.0. The van der Waals surface area contributed by atoms with Gasteiger partial charge in [0.05, 0.1) is 0 Å². The molecule has 0 bridgehead atoms. The number of amides is 1. The van der Waals surface area contributed by atoms with Crippen LogP contribution in [0.4, 0.5) is 0 Å². The predicted octanol–water partition coefficient (Wildman–Crippen LogP) is 5.19. The molecule has 28 heavy (non-hydrogen) atoms. The molecule has 0 aliphatic heterocycles. The zero-order chi connectivity index (χ0) is 19.2. The van der Waals surface area contributed by atoms with Crippen molar-refractivity contribution in [3.05, 3.63) is 114 Å². The fourth-order valence-electron chi connectivity index (χ4n) is 3.61. The first-order valence-electron chi connectivity index (χ1n) is 9.55. The maximum atomic E-state index is 12.7. The van der Waals surface area contributed by atoms with Crippen molar-refractivity contribution in [3.8, 4) is 0 Å². The Morgan fingerprint density at radius 3 is 2.07 bits per heavy atom. The Hall–Kier alpha value is -3.46. The van der Waals surface area contributed by atoms with Crippen LogP contribution in [0.1, 0.15) is 34.0 Å². The van der Waals surface area contributed by atoms with Crippen LogP contribution in [0.15, 0.2) is 97.2 Å². The number of aromatic nitrogens is 1. The molecule has 4 aromatic rings. The highest BCUT2D eigenvalue weighted by Gasteiger charge is 2.15. The van der Waals surface area contributed by atoms with E-state index in [2.05, 4.69) is 58.8 Å². The summed E-state index contributed by atoms with van der Waals surface area (Å²) in [7, 11) is 0. The largest absolute Gasteiger partial charge is 0.351 e. The van der Waals surface area contributed by atoms with Gasteiger partial charge >= 0.3 is 0 Å². The minimum absolute atomic E-state index is 0.128. The monoisotopic (exact) mass is 366 g/mol. The minimum Gasteiger partial charge on any atom is -0.351 e. The van der Waals surface area contributed by atoms with Gasteiger partial charge in [0.25, 0.3) is 5.91 Å². The van der Waals surface area contributed by atoms with Gasteiger partial charge in [0.2, 0.25) is 0 Å². The van der Waals surface area contributed by atoms with Crippen LogP contribution in [0.3, 0.4) is 0 Å².